The van der Waals surface area contributed by atoms with Gasteiger partial charge in [0.2, 0.25) is 0 Å². The number of nitrogens with zero attached hydrogens (tertiary/aromatic N) is 1. The Morgan fingerprint density at radius 1 is 1.39 bits per heavy atom. The van der Waals surface area contributed by atoms with E-state index in [1.807, 2.05) is 29.2 Å². The molecule has 1 aliphatic heterocycles. The highest BCUT2D eigenvalue weighted by Gasteiger charge is 2.21. The molecular weight excluding hydrogens is 290 g/mol. The minimum atomic E-state index is -0.185. The van der Waals surface area contributed by atoms with Gasteiger partial charge in [0.15, 0.2) is 5.96 Å². The van der Waals surface area contributed by atoms with Crippen molar-refractivity contribution >= 4 is 11.9 Å². The largest absolute Gasteiger partial charge is 0.426 e. The molecule has 1 saturated heterocycles. The molecule has 0 bridgehead atoms. The Hall–Kier alpha value is -2.30. The monoisotopic (exact) mass is 315 g/mol. The van der Waals surface area contributed by atoms with Crippen LogP contribution in [0.25, 0.3) is 0 Å². The van der Waals surface area contributed by atoms with Crippen LogP contribution >= 0.6 is 0 Å². The number of piperidine rings is 1. The zero-order chi connectivity index (χ0) is 16.7. The SMILES string of the molecule is C=CCc1ccccc1OC(=O)CCC1CCN(C(=N)N)CC1. The van der Waals surface area contributed by atoms with Gasteiger partial charge in [-0.3, -0.25) is 10.2 Å². The van der Waals surface area contributed by atoms with Gasteiger partial charge in [-0.2, -0.15) is 0 Å². The zero-order valence-electron chi connectivity index (χ0n) is 13.5. The number of hydrogen-bond acceptors (Lipinski definition) is 3. The van der Waals surface area contributed by atoms with Gasteiger partial charge in [-0.1, -0.05) is 24.3 Å². The van der Waals surface area contributed by atoms with Gasteiger partial charge >= 0.3 is 5.97 Å². The highest BCUT2D eigenvalue weighted by atomic mass is 16.5. The lowest BCUT2D eigenvalue weighted by atomic mass is 9.92. The van der Waals surface area contributed by atoms with Crippen molar-refractivity contribution in [1.82, 2.24) is 4.90 Å². The summed E-state index contributed by atoms with van der Waals surface area (Å²) in [6.07, 6.45) is 5.68. The molecule has 124 valence electrons. The lowest BCUT2D eigenvalue weighted by molar-refractivity contribution is -0.134. The van der Waals surface area contributed by atoms with Crippen molar-refractivity contribution < 1.29 is 9.53 Å². The third-order valence-electron chi connectivity index (χ3n) is 4.27. The van der Waals surface area contributed by atoms with Gasteiger partial charge in [-0.25, -0.2) is 0 Å². The van der Waals surface area contributed by atoms with Gasteiger partial charge in [0.05, 0.1) is 0 Å². The lowest BCUT2D eigenvalue weighted by Gasteiger charge is -2.31. The number of guanidine groups is 1. The molecule has 1 aliphatic rings. The first-order chi connectivity index (χ1) is 11.1. The Kier molecular flexibility index (Phi) is 6.20. The number of likely N-dealkylation sites (tertiary alicyclic amines) is 1. The number of benzene rings is 1. The zero-order valence-corrected chi connectivity index (χ0v) is 13.5. The van der Waals surface area contributed by atoms with Crippen LogP contribution in [0, 0.1) is 11.3 Å². The quantitative estimate of drug-likeness (QED) is 0.278. The van der Waals surface area contributed by atoms with Gasteiger partial charge in [-0.05, 0) is 43.2 Å². The molecule has 1 heterocycles. The second-order valence-electron chi connectivity index (χ2n) is 5.93. The van der Waals surface area contributed by atoms with E-state index in [0.29, 0.717) is 24.5 Å². The first kappa shape index (κ1) is 17.1. The molecule has 1 aromatic rings. The topological polar surface area (TPSA) is 79.4 Å². The van der Waals surface area contributed by atoms with Crippen LogP contribution in [0.1, 0.15) is 31.2 Å². The molecule has 0 aliphatic carbocycles. The van der Waals surface area contributed by atoms with Crippen LogP contribution in [0.2, 0.25) is 0 Å². The van der Waals surface area contributed by atoms with Crippen molar-refractivity contribution in [3.05, 3.63) is 42.5 Å². The van der Waals surface area contributed by atoms with Crippen LogP contribution in [0.3, 0.4) is 0 Å². The highest BCUT2D eigenvalue weighted by Crippen LogP contribution is 2.23. The molecule has 5 nitrogen and oxygen atoms in total. The van der Waals surface area contributed by atoms with Crippen LogP contribution in [0.5, 0.6) is 5.75 Å². The number of ether oxygens (including phenoxy) is 1. The molecule has 0 unspecified atom stereocenters. The van der Waals surface area contributed by atoms with Gasteiger partial charge < -0.3 is 15.4 Å². The summed E-state index contributed by atoms with van der Waals surface area (Å²) < 4.78 is 5.50. The highest BCUT2D eigenvalue weighted by molar-refractivity contribution is 5.74. The van der Waals surface area contributed by atoms with E-state index >= 15 is 0 Å². The summed E-state index contributed by atoms with van der Waals surface area (Å²) in [5, 5.41) is 7.43. The number of allylic oxidation sites excluding steroid dienone is 1. The number of carbonyl (C=O) groups is 1. The second kappa shape index (κ2) is 8.36. The summed E-state index contributed by atoms with van der Waals surface area (Å²) in [5.74, 6) is 1.09. The van der Waals surface area contributed by atoms with Crippen LogP contribution in [0.15, 0.2) is 36.9 Å². The number of hydrogen-bond donors (Lipinski definition) is 2. The summed E-state index contributed by atoms with van der Waals surface area (Å²) in [5.41, 5.74) is 6.47. The summed E-state index contributed by atoms with van der Waals surface area (Å²) >= 11 is 0. The minimum Gasteiger partial charge on any atom is -0.426 e. The molecule has 23 heavy (non-hydrogen) atoms. The van der Waals surface area contributed by atoms with Crippen molar-refractivity contribution in [2.24, 2.45) is 11.7 Å². The predicted molar refractivity (Wildman–Crippen MR) is 91.4 cm³/mol. The molecule has 3 N–H and O–H groups in total. The first-order valence-corrected chi connectivity index (χ1v) is 8.08. The minimum absolute atomic E-state index is 0.140. The Bertz CT molecular complexity index is 563. The average Bonchev–Trinajstić information content (AvgIpc) is 2.55. The predicted octanol–water partition coefficient (Wildman–Crippen LogP) is 2.71. The molecule has 0 radical (unpaired) electrons. The van der Waals surface area contributed by atoms with E-state index in [4.69, 9.17) is 15.9 Å². The molecule has 0 saturated carbocycles. The molecule has 2 rings (SSSR count). The van der Waals surface area contributed by atoms with Crippen molar-refractivity contribution in [3.8, 4) is 5.75 Å². The van der Waals surface area contributed by atoms with E-state index < -0.39 is 0 Å². The Morgan fingerprint density at radius 2 is 2.09 bits per heavy atom. The first-order valence-electron chi connectivity index (χ1n) is 8.08. The van der Waals surface area contributed by atoms with Crippen molar-refractivity contribution in [2.75, 3.05) is 13.1 Å². The third-order valence-corrected chi connectivity index (χ3v) is 4.27. The lowest BCUT2D eigenvalue weighted by Crippen LogP contribution is -2.42. The number of nitrogens with one attached hydrogen (secondary N) is 1. The maximum atomic E-state index is 12.1. The molecule has 5 heteroatoms. The number of nitrogens with two attached hydrogens (primary N) is 1. The van der Waals surface area contributed by atoms with E-state index in [1.165, 1.54) is 0 Å². The normalized spacial score (nSPS) is 15.2. The van der Waals surface area contributed by atoms with Gasteiger partial charge in [0.1, 0.15) is 5.75 Å². The van der Waals surface area contributed by atoms with Crippen LogP contribution in [0.4, 0.5) is 0 Å². The molecule has 0 atom stereocenters. The van der Waals surface area contributed by atoms with Crippen molar-refractivity contribution in [2.45, 2.75) is 32.1 Å². The fraction of sp³-hybridized carbons (Fsp3) is 0.444. The molecular formula is C18H25N3O2. The molecule has 0 amide bonds. The van der Waals surface area contributed by atoms with E-state index in [2.05, 4.69) is 6.58 Å². The van der Waals surface area contributed by atoms with Gasteiger partial charge in [0.25, 0.3) is 0 Å². The number of carbonyl (C=O) groups excluding carboxylic acids is 1. The fourth-order valence-electron chi connectivity index (χ4n) is 2.89. The maximum Gasteiger partial charge on any atom is 0.311 e. The van der Waals surface area contributed by atoms with Crippen LogP contribution in [-0.4, -0.2) is 29.9 Å². The third kappa shape index (κ3) is 5.13. The Balaban J connectivity index is 1.78. The number of rotatable bonds is 6. The standard InChI is InChI=1S/C18H25N3O2/c1-2-5-15-6-3-4-7-16(15)23-17(22)9-8-14-10-12-21(13-11-14)18(19)20/h2-4,6-7,14H,1,5,8-13H2,(H3,19,20). The number of esters is 1. The van der Waals surface area contributed by atoms with E-state index in [9.17, 15) is 4.79 Å². The molecule has 0 aromatic heterocycles. The van der Waals surface area contributed by atoms with Crippen molar-refractivity contribution in [1.29, 1.82) is 5.41 Å². The Morgan fingerprint density at radius 3 is 2.74 bits per heavy atom. The second-order valence-corrected chi connectivity index (χ2v) is 5.93. The fourth-order valence-corrected chi connectivity index (χ4v) is 2.89. The van der Waals surface area contributed by atoms with E-state index in [-0.39, 0.29) is 11.9 Å². The number of para-hydroxylation sites is 1. The van der Waals surface area contributed by atoms with Gasteiger partial charge in [-0.15, -0.1) is 6.58 Å². The van der Waals surface area contributed by atoms with Crippen molar-refractivity contribution in [3.63, 3.8) is 0 Å². The molecule has 0 spiro atoms. The van der Waals surface area contributed by atoms with Gasteiger partial charge in [0, 0.05) is 19.5 Å². The van der Waals surface area contributed by atoms with E-state index in [0.717, 1.165) is 37.9 Å². The average molecular weight is 315 g/mol. The maximum absolute atomic E-state index is 12.1. The van der Waals surface area contributed by atoms with E-state index in [1.54, 1.807) is 6.08 Å². The summed E-state index contributed by atoms with van der Waals surface area (Å²) in [7, 11) is 0. The molecule has 1 fully saturated rings. The Labute approximate surface area is 137 Å². The summed E-state index contributed by atoms with van der Waals surface area (Å²) in [6, 6.07) is 7.56. The van der Waals surface area contributed by atoms with Crippen LogP contribution < -0.4 is 10.5 Å². The summed E-state index contributed by atoms with van der Waals surface area (Å²) in [4.78, 5) is 13.9. The van der Waals surface area contributed by atoms with Crippen LogP contribution in [-0.2, 0) is 11.2 Å². The molecule has 1 aromatic carbocycles. The smallest absolute Gasteiger partial charge is 0.311 e. The summed E-state index contributed by atoms with van der Waals surface area (Å²) in [6.45, 7) is 5.33.